The summed E-state index contributed by atoms with van der Waals surface area (Å²) in [6.45, 7) is 3.79. The number of carbonyl (C=O) groups is 1. The van der Waals surface area contributed by atoms with Gasteiger partial charge in [0.2, 0.25) is 12.7 Å². The van der Waals surface area contributed by atoms with E-state index in [1.54, 1.807) is 6.20 Å². The summed E-state index contributed by atoms with van der Waals surface area (Å²) >= 11 is 0. The van der Waals surface area contributed by atoms with Gasteiger partial charge in [-0.1, -0.05) is 6.07 Å². The molecule has 1 aromatic heterocycles. The second-order valence-electron chi connectivity index (χ2n) is 8.57. The number of hydrogen-bond donors (Lipinski definition) is 1. The standard InChI is InChI=1S/C27H29N3O5/c1-2-32-26(31)16-19-5-4-18-14-21(7-8-22(18)19)33-13-3-11-28-27-29-12-10-23(30-27)20-6-9-24-25(15-20)35-17-34-24/h6-10,12,14-15,19H,2-5,11,13,16-17H2,1H3,(H,28,29,30)/t19-/m0/s1. The van der Waals surface area contributed by atoms with Crippen molar-refractivity contribution in [3.05, 3.63) is 59.8 Å². The molecule has 35 heavy (non-hydrogen) atoms. The molecule has 0 unspecified atom stereocenters. The summed E-state index contributed by atoms with van der Waals surface area (Å²) in [6, 6.07) is 13.8. The minimum atomic E-state index is -0.122. The average molecular weight is 476 g/mol. The van der Waals surface area contributed by atoms with Crippen LogP contribution in [0.1, 0.15) is 43.2 Å². The Kier molecular flexibility index (Phi) is 6.97. The fourth-order valence-corrected chi connectivity index (χ4v) is 4.53. The molecule has 182 valence electrons. The number of anilines is 1. The zero-order valence-corrected chi connectivity index (χ0v) is 19.8. The van der Waals surface area contributed by atoms with Crippen molar-refractivity contribution in [2.75, 3.05) is 31.9 Å². The molecule has 0 spiro atoms. The fraction of sp³-hybridized carbons (Fsp3) is 0.370. The highest BCUT2D eigenvalue weighted by atomic mass is 16.7. The third-order valence-electron chi connectivity index (χ3n) is 6.23. The van der Waals surface area contributed by atoms with Crippen LogP contribution < -0.4 is 19.5 Å². The zero-order chi connectivity index (χ0) is 24.0. The van der Waals surface area contributed by atoms with E-state index in [4.69, 9.17) is 18.9 Å². The van der Waals surface area contributed by atoms with Gasteiger partial charge < -0.3 is 24.3 Å². The van der Waals surface area contributed by atoms with E-state index < -0.39 is 0 Å². The Morgan fingerprint density at radius 2 is 2.06 bits per heavy atom. The molecule has 0 saturated heterocycles. The number of aromatic nitrogens is 2. The number of nitrogens with one attached hydrogen (secondary N) is 1. The lowest BCUT2D eigenvalue weighted by Crippen LogP contribution is -2.10. The third kappa shape index (κ3) is 5.48. The smallest absolute Gasteiger partial charge is 0.306 e. The van der Waals surface area contributed by atoms with Gasteiger partial charge in [0, 0.05) is 18.3 Å². The second kappa shape index (κ2) is 10.6. The van der Waals surface area contributed by atoms with Gasteiger partial charge in [-0.05, 0) is 79.6 Å². The van der Waals surface area contributed by atoms with Gasteiger partial charge in [-0.15, -0.1) is 0 Å². The quantitative estimate of drug-likeness (QED) is 0.332. The van der Waals surface area contributed by atoms with E-state index in [9.17, 15) is 4.79 Å². The summed E-state index contributed by atoms with van der Waals surface area (Å²) < 4.78 is 21.9. The highest BCUT2D eigenvalue weighted by Gasteiger charge is 2.25. The van der Waals surface area contributed by atoms with Crippen LogP contribution in [0.15, 0.2) is 48.7 Å². The molecule has 2 aromatic carbocycles. The Morgan fingerprint density at radius 3 is 2.97 bits per heavy atom. The number of nitrogens with zero attached hydrogens (tertiary/aromatic N) is 2. The normalized spacial score (nSPS) is 15.5. The summed E-state index contributed by atoms with van der Waals surface area (Å²) in [5, 5.41) is 3.27. The van der Waals surface area contributed by atoms with Gasteiger partial charge in [0.15, 0.2) is 11.5 Å². The molecular formula is C27H29N3O5. The molecule has 0 bridgehead atoms. The minimum absolute atomic E-state index is 0.122. The zero-order valence-electron chi connectivity index (χ0n) is 19.8. The van der Waals surface area contributed by atoms with Crippen LogP contribution in [0.2, 0.25) is 0 Å². The molecule has 5 rings (SSSR count). The van der Waals surface area contributed by atoms with Gasteiger partial charge in [0.1, 0.15) is 5.75 Å². The molecule has 1 atom stereocenters. The Balaban J connectivity index is 1.09. The van der Waals surface area contributed by atoms with Crippen molar-refractivity contribution in [3.8, 4) is 28.5 Å². The average Bonchev–Trinajstić information content (AvgIpc) is 3.50. The van der Waals surface area contributed by atoms with E-state index in [-0.39, 0.29) is 18.7 Å². The van der Waals surface area contributed by atoms with Crippen molar-refractivity contribution in [2.45, 2.75) is 38.5 Å². The van der Waals surface area contributed by atoms with Crippen molar-refractivity contribution in [3.63, 3.8) is 0 Å². The molecule has 1 aliphatic carbocycles. The largest absolute Gasteiger partial charge is 0.494 e. The van der Waals surface area contributed by atoms with Gasteiger partial charge in [0.05, 0.1) is 25.3 Å². The number of fused-ring (bicyclic) bond motifs is 2. The maximum absolute atomic E-state index is 11.8. The van der Waals surface area contributed by atoms with Gasteiger partial charge in [-0.3, -0.25) is 4.79 Å². The first kappa shape index (κ1) is 23.0. The topological polar surface area (TPSA) is 91.8 Å². The first-order valence-corrected chi connectivity index (χ1v) is 12.1. The molecule has 2 aliphatic rings. The van der Waals surface area contributed by atoms with Crippen molar-refractivity contribution in [1.29, 1.82) is 0 Å². The van der Waals surface area contributed by atoms with Crippen LogP contribution in [0.3, 0.4) is 0 Å². The first-order valence-electron chi connectivity index (χ1n) is 12.1. The molecule has 2 heterocycles. The molecule has 8 heteroatoms. The number of benzene rings is 2. The summed E-state index contributed by atoms with van der Waals surface area (Å²) in [7, 11) is 0. The summed E-state index contributed by atoms with van der Waals surface area (Å²) in [4.78, 5) is 20.8. The Bertz CT molecular complexity index is 1200. The lowest BCUT2D eigenvalue weighted by molar-refractivity contribution is -0.143. The van der Waals surface area contributed by atoms with Gasteiger partial charge >= 0.3 is 5.97 Å². The summed E-state index contributed by atoms with van der Waals surface area (Å²) in [5.74, 6) is 3.04. The molecule has 3 aromatic rings. The fourth-order valence-electron chi connectivity index (χ4n) is 4.53. The molecule has 0 amide bonds. The Labute approximate surface area is 204 Å². The summed E-state index contributed by atoms with van der Waals surface area (Å²) in [6.07, 6.45) is 4.94. The molecule has 1 aliphatic heterocycles. The van der Waals surface area contributed by atoms with E-state index in [0.29, 0.717) is 32.1 Å². The van der Waals surface area contributed by atoms with Crippen LogP contribution in [-0.4, -0.2) is 42.5 Å². The first-order chi connectivity index (χ1) is 17.2. The highest BCUT2D eigenvalue weighted by molar-refractivity contribution is 5.71. The number of aryl methyl sites for hydroxylation is 1. The lowest BCUT2D eigenvalue weighted by atomic mass is 9.98. The third-order valence-corrected chi connectivity index (χ3v) is 6.23. The van der Waals surface area contributed by atoms with Gasteiger partial charge in [0.25, 0.3) is 0 Å². The predicted octanol–water partition coefficient (Wildman–Crippen LogP) is 4.74. The van der Waals surface area contributed by atoms with E-state index in [1.165, 1.54) is 11.1 Å². The highest BCUT2D eigenvalue weighted by Crippen LogP contribution is 2.38. The van der Waals surface area contributed by atoms with E-state index >= 15 is 0 Å². The van der Waals surface area contributed by atoms with Crippen molar-refractivity contribution in [2.24, 2.45) is 0 Å². The van der Waals surface area contributed by atoms with E-state index in [1.807, 2.05) is 37.3 Å². The number of hydrogen-bond acceptors (Lipinski definition) is 8. The monoisotopic (exact) mass is 475 g/mol. The molecule has 0 fully saturated rings. The van der Waals surface area contributed by atoms with E-state index in [2.05, 4.69) is 27.4 Å². The molecule has 8 nitrogen and oxygen atoms in total. The van der Waals surface area contributed by atoms with Crippen molar-refractivity contribution in [1.82, 2.24) is 9.97 Å². The predicted molar refractivity (Wildman–Crippen MR) is 131 cm³/mol. The van der Waals surface area contributed by atoms with Crippen LogP contribution in [0.25, 0.3) is 11.3 Å². The Morgan fingerprint density at radius 1 is 1.14 bits per heavy atom. The SMILES string of the molecule is CCOC(=O)C[C@@H]1CCc2cc(OCCCNc3nccc(-c4ccc5c(c4)OCO5)n3)ccc21. The minimum Gasteiger partial charge on any atom is -0.494 e. The van der Waals surface area contributed by atoms with Gasteiger partial charge in [-0.25, -0.2) is 9.97 Å². The molecular weight excluding hydrogens is 446 g/mol. The van der Waals surface area contributed by atoms with Crippen LogP contribution in [0.4, 0.5) is 5.95 Å². The second-order valence-corrected chi connectivity index (χ2v) is 8.57. The van der Waals surface area contributed by atoms with Crippen LogP contribution in [0, 0.1) is 0 Å². The van der Waals surface area contributed by atoms with Crippen LogP contribution in [-0.2, 0) is 16.0 Å². The Hall–Kier alpha value is -3.81. The number of esters is 1. The van der Waals surface area contributed by atoms with Crippen molar-refractivity contribution >= 4 is 11.9 Å². The summed E-state index contributed by atoms with van der Waals surface area (Å²) in [5.41, 5.74) is 4.27. The van der Waals surface area contributed by atoms with E-state index in [0.717, 1.165) is 47.8 Å². The van der Waals surface area contributed by atoms with Crippen LogP contribution >= 0.6 is 0 Å². The number of carbonyl (C=O) groups excluding carboxylic acids is 1. The number of rotatable bonds is 10. The molecule has 0 radical (unpaired) electrons. The van der Waals surface area contributed by atoms with Crippen LogP contribution in [0.5, 0.6) is 17.2 Å². The number of ether oxygens (including phenoxy) is 4. The maximum atomic E-state index is 11.8. The molecule has 0 saturated carbocycles. The van der Waals surface area contributed by atoms with Crippen molar-refractivity contribution < 1.29 is 23.7 Å². The molecule has 1 N–H and O–H groups in total. The maximum Gasteiger partial charge on any atom is 0.306 e. The van der Waals surface area contributed by atoms with Gasteiger partial charge in [-0.2, -0.15) is 0 Å². The lowest BCUT2D eigenvalue weighted by Gasteiger charge is -2.12.